The molecule has 1 aromatic rings. The number of thioether (sulfide) groups is 1. The van der Waals surface area contributed by atoms with Crippen LogP contribution in [0.5, 0.6) is 0 Å². The van der Waals surface area contributed by atoms with Crippen LogP contribution in [-0.4, -0.2) is 33.4 Å². The zero-order valence-electron chi connectivity index (χ0n) is 13.3. The molecule has 22 heavy (non-hydrogen) atoms. The first-order valence-corrected chi connectivity index (χ1v) is 8.76. The van der Waals surface area contributed by atoms with Gasteiger partial charge in [-0.2, -0.15) is 0 Å². The number of benzene rings is 1. The van der Waals surface area contributed by atoms with Crippen LogP contribution in [0.25, 0.3) is 0 Å². The Bertz CT molecular complexity index is 599. The van der Waals surface area contributed by atoms with E-state index in [1.807, 2.05) is 24.3 Å². The van der Waals surface area contributed by atoms with Crippen LogP contribution in [0.15, 0.2) is 24.3 Å². The largest absolute Gasteiger partial charge is 0.324 e. The summed E-state index contributed by atoms with van der Waals surface area (Å²) in [5, 5.41) is 2.95. The summed E-state index contributed by atoms with van der Waals surface area (Å²) in [6.45, 7) is 6.35. The van der Waals surface area contributed by atoms with Crippen molar-refractivity contribution in [2.24, 2.45) is 0 Å². The predicted molar refractivity (Wildman–Crippen MR) is 89.9 cm³/mol. The van der Waals surface area contributed by atoms with Crippen molar-refractivity contribution in [3.05, 3.63) is 29.8 Å². The second kappa shape index (κ2) is 5.61. The third kappa shape index (κ3) is 2.62. The molecule has 1 aromatic carbocycles. The standard InChI is InChI=1S/C17H22N2O2S/c1-11(2)12-4-6-13(7-5-12)18-16(21)14-10-22-17(3)9-8-15(20)19(14)17/h4-7,11,14H,8-10H2,1-3H3,(H,18,21)/t14-,17+/m0/s1. The summed E-state index contributed by atoms with van der Waals surface area (Å²) in [7, 11) is 0. The molecule has 0 bridgehead atoms. The summed E-state index contributed by atoms with van der Waals surface area (Å²) >= 11 is 1.72. The number of nitrogens with one attached hydrogen (secondary N) is 1. The molecule has 2 saturated heterocycles. The minimum atomic E-state index is -0.352. The number of carbonyl (C=O) groups excluding carboxylic acids is 2. The molecule has 0 unspecified atom stereocenters. The lowest BCUT2D eigenvalue weighted by molar-refractivity contribution is -0.135. The minimum absolute atomic E-state index is 0.0798. The quantitative estimate of drug-likeness (QED) is 0.931. The van der Waals surface area contributed by atoms with E-state index in [1.54, 1.807) is 16.7 Å². The van der Waals surface area contributed by atoms with E-state index in [4.69, 9.17) is 0 Å². The maximum atomic E-state index is 12.5. The van der Waals surface area contributed by atoms with E-state index >= 15 is 0 Å². The van der Waals surface area contributed by atoms with Gasteiger partial charge in [-0.15, -0.1) is 11.8 Å². The van der Waals surface area contributed by atoms with Gasteiger partial charge in [0.25, 0.3) is 0 Å². The van der Waals surface area contributed by atoms with Gasteiger partial charge in [0.1, 0.15) is 6.04 Å². The maximum absolute atomic E-state index is 12.5. The molecule has 0 radical (unpaired) electrons. The topological polar surface area (TPSA) is 49.4 Å². The Labute approximate surface area is 135 Å². The Morgan fingerprint density at radius 3 is 2.68 bits per heavy atom. The molecule has 0 aliphatic carbocycles. The summed E-state index contributed by atoms with van der Waals surface area (Å²) in [5.74, 6) is 1.17. The Morgan fingerprint density at radius 1 is 1.36 bits per heavy atom. The van der Waals surface area contributed by atoms with Crippen LogP contribution in [0, 0.1) is 0 Å². The van der Waals surface area contributed by atoms with Crippen molar-refractivity contribution >= 4 is 29.3 Å². The molecule has 5 heteroatoms. The molecular formula is C17H22N2O2S. The van der Waals surface area contributed by atoms with E-state index in [9.17, 15) is 9.59 Å². The van der Waals surface area contributed by atoms with Gasteiger partial charge in [-0.25, -0.2) is 0 Å². The fourth-order valence-corrected chi connectivity index (χ4v) is 4.62. The smallest absolute Gasteiger partial charge is 0.248 e. The van der Waals surface area contributed by atoms with Crippen molar-refractivity contribution in [3.63, 3.8) is 0 Å². The molecule has 118 valence electrons. The van der Waals surface area contributed by atoms with Crippen LogP contribution < -0.4 is 5.32 Å². The van der Waals surface area contributed by atoms with Crippen molar-refractivity contribution < 1.29 is 9.59 Å². The summed E-state index contributed by atoms with van der Waals surface area (Å²) in [6, 6.07) is 7.58. The number of carbonyl (C=O) groups is 2. The lowest BCUT2D eigenvalue weighted by Gasteiger charge is -2.29. The molecule has 0 saturated carbocycles. The Kier molecular flexibility index (Phi) is 3.93. The van der Waals surface area contributed by atoms with Gasteiger partial charge in [0, 0.05) is 17.9 Å². The highest BCUT2D eigenvalue weighted by molar-refractivity contribution is 8.01. The molecule has 2 atom stereocenters. The highest BCUT2D eigenvalue weighted by atomic mass is 32.2. The third-order valence-corrected chi connectivity index (χ3v) is 6.10. The Hall–Kier alpha value is -1.49. The Balaban J connectivity index is 1.71. The number of hydrogen-bond donors (Lipinski definition) is 1. The van der Waals surface area contributed by atoms with Crippen molar-refractivity contribution in [2.45, 2.75) is 50.4 Å². The monoisotopic (exact) mass is 318 g/mol. The highest BCUT2D eigenvalue weighted by Gasteiger charge is 2.52. The summed E-state index contributed by atoms with van der Waals surface area (Å²) in [4.78, 5) is 26.2. The molecule has 2 aliphatic rings. The zero-order chi connectivity index (χ0) is 15.9. The van der Waals surface area contributed by atoms with E-state index in [-0.39, 0.29) is 22.7 Å². The first-order valence-electron chi connectivity index (χ1n) is 7.78. The summed E-state index contributed by atoms with van der Waals surface area (Å²) in [6.07, 6.45) is 1.39. The molecule has 2 aliphatic heterocycles. The zero-order valence-corrected chi connectivity index (χ0v) is 14.1. The van der Waals surface area contributed by atoms with E-state index in [1.165, 1.54) is 5.56 Å². The highest BCUT2D eigenvalue weighted by Crippen LogP contribution is 2.47. The SMILES string of the molecule is CC(C)c1ccc(NC(=O)[C@@H]2CS[C@]3(C)CCC(=O)N23)cc1. The summed E-state index contributed by atoms with van der Waals surface area (Å²) < 4.78 is 0. The second-order valence-corrected chi connectivity index (χ2v) is 8.03. The van der Waals surface area contributed by atoms with Gasteiger partial charge in [-0.05, 0) is 37.0 Å². The molecular weight excluding hydrogens is 296 g/mol. The molecule has 2 fully saturated rings. The molecule has 0 spiro atoms. The minimum Gasteiger partial charge on any atom is -0.324 e. The normalized spacial score (nSPS) is 27.4. The molecule has 1 N–H and O–H groups in total. The molecule has 4 nitrogen and oxygen atoms in total. The van der Waals surface area contributed by atoms with Gasteiger partial charge in [0.2, 0.25) is 11.8 Å². The lowest BCUT2D eigenvalue weighted by atomic mass is 10.0. The average Bonchev–Trinajstić information content (AvgIpc) is 2.97. The van der Waals surface area contributed by atoms with Gasteiger partial charge in [0.15, 0.2) is 0 Å². The van der Waals surface area contributed by atoms with Crippen molar-refractivity contribution in [3.8, 4) is 0 Å². The molecule has 3 rings (SSSR count). The average molecular weight is 318 g/mol. The van der Waals surface area contributed by atoms with Crippen molar-refractivity contribution in [2.75, 3.05) is 11.1 Å². The van der Waals surface area contributed by atoms with E-state index in [2.05, 4.69) is 26.1 Å². The van der Waals surface area contributed by atoms with Gasteiger partial charge in [0.05, 0.1) is 4.87 Å². The van der Waals surface area contributed by atoms with Gasteiger partial charge in [-0.3, -0.25) is 9.59 Å². The Morgan fingerprint density at radius 2 is 2.05 bits per heavy atom. The predicted octanol–water partition coefficient (Wildman–Crippen LogP) is 3.20. The van der Waals surface area contributed by atoms with Crippen LogP contribution in [0.4, 0.5) is 5.69 Å². The van der Waals surface area contributed by atoms with E-state index in [0.717, 1.165) is 12.1 Å². The van der Waals surface area contributed by atoms with Crippen LogP contribution in [0.2, 0.25) is 0 Å². The first kappa shape index (κ1) is 15.4. The van der Waals surface area contributed by atoms with Crippen LogP contribution in [0.1, 0.15) is 45.1 Å². The van der Waals surface area contributed by atoms with Crippen LogP contribution >= 0.6 is 11.8 Å². The molecule has 2 heterocycles. The van der Waals surface area contributed by atoms with Crippen molar-refractivity contribution in [1.29, 1.82) is 0 Å². The number of nitrogens with zero attached hydrogens (tertiary/aromatic N) is 1. The van der Waals surface area contributed by atoms with Gasteiger partial charge >= 0.3 is 0 Å². The van der Waals surface area contributed by atoms with Gasteiger partial charge in [-0.1, -0.05) is 26.0 Å². The lowest BCUT2D eigenvalue weighted by Crippen LogP contribution is -2.48. The fourth-order valence-electron chi connectivity index (χ4n) is 3.19. The van der Waals surface area contributed by atoms with Crippen molar-refractivity contribution in [1.82, 2.24) is 4.90 Å². The number of fused-ring (bicyclic) bond motifs is 1. The number of anilines is 1. The first-order chi connectivity index (χ1) is 10.4. The molecule has 2 amide bonds. The summed E-state index contributed by atoms with van der Waals surface area (Å²) in [5.41, 5.74) is 2.04. The number of amides is 2. The van der Waals surface area contributed by atoms with Gasteiger partial charge < -0.3 is 10.2 Å². The molecule has 0 aromatic heterocycles. The third-order valence-electron chi connectivity index (χ3n) is 4.59. The maximum Gasteiger partial charge on any atom is 0.248 e. The fraction of sp³-hybridized carbons (Fsp3) is 0.529. The second-order valence-electron chi connectivity index (χ2n) is 6.53. The van der Waals surface area contributed by atoms with Crippen LogP contribution in [0.3, 0.4) is 0 Å². The van der Waals surface area contributed by atoms with Crippen LogP contribution in [-0.2, 0) is 9.59 Å². The number of rotatable bonds is 3. The number of hydrogen-bond acceptors (Lipinski definition) is 3. The van der Waals surface area contributed by atoms with E-state index < -0.39 is 0 Å². The van der Waals surface area contributed by atoms with E-state index in [0.29, 0.717) is 18.1 Å².